The fourth-order valence-electron chi connectivity index (χ4n) is 2.56. The molecule has 1 fully saturated rings. The molecule has 2 rings (SSSR count). The van der Waals surface area contributed by atoms with Crippen LogP contribution < -0.4 is 5.32 Å². The zero-order valence-electron chi connectivity index (χ0n) is 11.9. The SMILES string of the molecule is Cc1cc(I)ccc1NC(=O)CN1CCCC(C(=O)O)C1. The third kappa shape index (κ3) is 4.67. The molecular formula is C15H19IN2O3. The lowest BCUT2D eigenvalue weighted by Crippen LogP contribution is -2.42. The lowest BCUT2D eigenvalue weighted by Gasteiger charge is -2.30. The molecule has 1 aliphatic rings. The predicted molar refractivity (Wildman–Crippen MR) is 89.3 cm³/mol. The van der Waals surface area contributed by atoms with Crippen molar-refractivity contribution < 1.29 is 14.7 Å². The highest BCUT2D eigenvalue weighted by Crippen LogP contribution is 2.19. The molecule has 1 saturated heterocycles. The summed E-state index contributed by atoms with van der Waals surface area (Å²) < 4.78 is 1.13. The van der Waals surface area contributed by atoms with Gasteiger partial charge in [0, 0.05) is 15.8 Å². The van der Waals surface area contributed by atoms with E-state index in [1.165, 1.54) is 0 Å². The fraction of sp³-hybridized carbons (Fsp3) is 0.467. The van der Waals surface area contributed by atoms with Gasteiger partial charge in [0.2, 0.25) is 5.91 Å². The Hall–Kier alpha value is -1.15. The van der Waals surface area contributed by atoms with E-state index >= 15 is 0 Å². The molecule has 1 aromatic carbocycles. The molecule has 1 atom stereocenters. The molecule has 1 amide bonds. The first-order valence-corrected chi connectivity index (χ1v) is 8.05. The monoisotopic (exact) mass is 402 g/mol. The number of carbonyl (C=O) groups is 2. The van der Waals surface area contributed by atoms with Gasteiger partial charge in [0.05, 0.1) is 12.5 Å². The molecule has 1 unspecified atom stereocenters. The highest BCUT2D eigenvalue weighted by molar-refractivity contribution is 14.1. The summed E-state index contributed by atoms with van der Waals surface area (Å²) in [7, 11) is 0. The standard InChI is InChI=1S/C15H19IN2O3/c1-10-7-12(16)4-5-13(10)17-14(19)9-18-6-2-3-11(8-18)15(20)21/h4-5,7,11H,2-3,6,8-9H2,1H3,(H,17,19)(H,20,21). The summed E-state index contributed by atoms with van der Waals surface area (Å²) in [5.74, 6) is -1.22. The molecule has 5 nitrogen and oxygen atoms in total. The lowest BCUT2D eigenvalue weighted by atomic mass is 9.98. The molecule has 2 N–H and O–H groups in total. The number of rotatable bonds is 4. The van der Waals surface area contributed by atoms with E-state index in [9.17, 15) is 9.59 Å². The van der Waals surface area contributed by atoms with Gasteiger partial charge in [0.15, 0.2) is 0 Å². The molecule has 1 heterocycles. The minimum atomic E-state index is -0.770. The third-order valence-corrected chi connectivity index (χ3v) is 4.36. The van der Waals surface area contributed by atoms with Crippen LogP contribution in [0.2, 0.25) is 0 Å². The molecule has 0 radical (unpaired) electrons. The van der Waals surface area contributed by atoms with Crippen LogP contribution in [0.15, 0.2) is 18.2 Å². The Kier molecular flexibility index (Phi) is 5.58. The number of carboxylic acid groups (broad SMARTS) is 1. The number of anilines is 1. The van der Waals surface area contributed by atoms with E-state index < -0.39 is 5.97 Å². The number of carboxylic acids is 1. The molecular weight excluding hydrogens is 383 g/mol. The first kappa shape index (κ1) is 16.2. The largest absolute Gasteiger partial charge is 0.481 e. The number of carbonyl (C=O) groups excluding carboxylic acids is 1. The number of hydrogen-bond acceptors (Lipinski definition) is 3. The summed E-state index contributed by atoms with van der Waals surface area (Å²) in [4.78, 5) is 25.0. The van der Waals surface area contributed by atoms with Gasteiger partial charge in [0.25, 0.3) is 0 Å². The molecule has 114 valence electrons. The minimum Gasteiger partial charge on any atom is -0.481 e. The summed E-state index contributed by atoms with van der Waals surface area (Å²) >= 11 is 2.23. The van der Waals surface area contributed by atoms with Gasteiger partial charge in [-0.3, -0.25) is 14.5 Å². The average molecular weight is 402 g/mol. The number of likely N-dealkylation sites (tertiary alicyclic amines) is 1. The summed E-state index contributed by atoms with van der Waals surface area (Å²) in [6.07, 6.45) is 1.52. The van der Waals surface area contributed by atoms with E-state index in [-0.39, 0.29) is 18.4 Å². The summed E-state index contributed by atoms with van der Waals surface area (Å²) in [5.41, 5.74) is 1.84. The van der Waals surface area contributed by atoms with Crippen molar-refractivity contribution >= 4 is 40.2 Å². The zero-order chi connectivity index (χ0) is 15.4. The molecule has 1 aliphatic heterocycles. The molecule has 0 aromatic heterocycles. The number of benzene rings is 1. The molecule has 21 heavy (non-hydrogen) atoms. The van der Waals surface area contributed by atoms with Gasteiger partial charge in [-0.15, -0.1) is 0 Å². The number of amides is 1. The summed E-state index contributed by atoms with van der Waals surface area (Å²) in [6.45, 7) is 3.44. The second kappa shape index (κ2) is 7.22. The van der Waals surface area contributed by atoms with Crippen molar-refractivity contribution in [3.05, 3.63) is 27.3 Å². The van der Waals surface area contributed by atoms with E-state index in [0.717, 1.165) is 27.8 Å². The first-order valence-electron chi connectivity index (χ1n) is 6.97. The molecule has 0 spiro atoms. The van der Waals surface area contributed by atoms with Gasteiger partial charge in [-0.2, -0.15) is 0 Å². The van der Waals surface area contributed by atoms with Crippen molar-refractivity contribution in [2.45, 2.75) is 19.8 Å². The van der Waals surface area contributed by atoms with Crippen LogP contribution in [0.4, 0.5) is 5.69 Å². The number of aliphatic carboxylic acids is 1. The van der Waals surface area contributed by atoms with Crippen molar-refractivity contribution in [1.29, 1.82) is 0 Å². The van der Waals surface area contributed by atoms with Gasteiger partial charge in [-0.25, -0.2) is 0 Å². The first-order chi connectivity index (χ1) is 9.95. The maximum atomic E-state index is 12.1. The Morgan fingerprint density at radius 1 is 1.48 bits per heavy atom. The van der Waals surface area contributed by atoms with Gasteiger partial charge in [-0.05, 0) is 72.7 Å². The quantitative estimate of drug-likeness (QED) is 0.759. The Morgan fingerprint density at radius 3 is 2.90 bits per heavy atom. The van der Waals surface area contributed by atoms with Gasteiger partial charge in [0.1, 0.15) is 0 Å². The van der Waals surface area contributed by atoms with Crippen molar-refractivity contribution in [3.8, 4) is 0 Å². The number of aryl methyl sites for hydroxylation is 1. The fourth-order valence-corrected chi connectivity index (χ4v) is 3.21. The maximum absolute atomic E-state index is 12.1. The van der Waals surface area contributed by atoms with Crippen molar-refractivity contribution in [3.63, 3.8) is 0 Å². The van der Waals surface area contributed by atoms with Gasteiger partial charge < -0.3 is 10.4 Å². The number of nitrogens with one attached hydrogen (secondary N) is 1. The van der Waals surface area contributed by atoms with E-state index in [1.807, 2.05) is 30.0 Å². The van der Waals surface area contributed by atoms with E-state index in [4.69, 9.17) is 5.11 Å². The second-order valence-electron chi connectivity index (χ2n) is 5.42. The average Bonchev–Trinajstić information content (AvgIpc) is 2.42. The highest BCUT2D eigenvalue weighted by atomic mass is 127. The number of nitrogens with zero attached hydrogens (tertiary/aromatic N) is 1. The van der Waals surface area contributed by atoms with Crippen LogP contribution in [-0.2, 0) is 9.59 Å². The van der Waals surface area contributed by atoms with Crippen LogP contribution in [0.25, 0.3) is 0 Å². The van der Waals surface area contributed by atoms with Crippen LogP contribution in [0, 0.1) is 16.4 Å². The van der Waals surface area contributed by atoms with Crippen LogP contribution in [-0.4, -0.2) is 41.5 Å². The number of hydrogen-bond donors (Lipinski definition) is 2. The number of piperidine rings is 1. The van der Waals surface area contributed by atoms with Crippen molar-refractivity contribution in [2.75, 3.05) is 25.0 Å². The smallest absolute Gasteiger partial charge is 0.307 e. The van der Waals surface area contributed by atoms with E-state index in [2.05, 4.69) is 27.9 Å². The topological polar surface area (TPSA) is 69.6 Å². The predicted octanol–water partition coefficient (Wildman–Crippen LogP) is 2.33. The molecule has 6 heteroatoms. The van der Waals surface area contributed by atoms with Gasteiger partial charge in [-0.1, -0.05) is 0 Å². The lowest BCUT2D eigenvalue weighted by molar-refractivity contribution is -0.144. The summed E-state index contributed by atoms with van der Waals surface area (Å²) in [5, 5.41) is 12.0. The number of halogens is 1. The normalized spacial score (nSPS) is 19.2. The Morgan fingerprint density at radius 2 is 2.24 bits per heavy atom. The zero-order valence-corrected chi connectivity index (χ0v) is 14.1. The minimum absolute atomic E-state index is 0.0923. The Labute approximate surface area is 137 Å². The van der Waals surface area contributed by atoms with Crippen LogP contribution in [0.5, 0.6) is 0 Å². The summed E-state index contributed by atoms with van der Waals surface area (Å²) in [6, 6.07) is 5.85. The Balaban J connectivity index is 1.91. The van der Waals surface area contributed by atoms with Crippen molar-refractivity contribution in [1.82, 2.24) is 4.90 Å². The van der Waals surface area contributed by atoms with Crippen molar-refractivity contribution in [2.24, 2.45) is 5.92 Å². The van der Waals surface area contributed by atoms with E-state index in [0.29, 0.717) is 13.0 Å². The van der Waals surface area contributed by atoms with Gasteiger partial charge >= 0.3 is 5.97 Å². The van der Waals surface area contributed by atoms with Crippen LogP contribution in [0.1, 0.15) is 18.4 Å². The third-order valence-electron chi connectivity index (χ3n) is 3.68. The van der Waals surface area contributed by atoms with E-state index in [1.54, 1.807) is 0 Å². The highest BCUT2D eigenvalue weighted by Gasteiger charge is 2.26. The second-order valence-corrected chi connectivity index (χ2v) is 6.67. The molecule has 0 aliphatic carbocycles. The maximum Gasteiger partial charge on any atom is 0.307 e. The van der Waals surface area contributed by atoms with Crippen LogP contribution in [0.3, 0.4) is 0 Å². The molecule has 1 aromatic rings. The van der Waals surface area contributed by atoms with Crippen LogP contribution >= 0.6 is 22.6 Å². The molecule has 0 saturated carbocycles. The Bertz CT molecular complexity index is 548. The molecule has 0 bridgehead atoms.